The van der Waals surface area contributed by atoms with Gasteiger partial charge in [-0.25, -0.2) is 0 Å². The molecule has 0 saturated carbocycles. The molecule has 2 aromatic rings. The number of ether oxygens (including phenoxy) is 2. The Morgan fingerprint density at radius 2 is 1.93 bits per heavy atom. The minimum absolute atomic E-state index is 0.198. The molecular weight excluding hydrogens is 404 g/mol. The predicted molar refractivity (Wildman–Crippen MR) is 116 cm³/mol. The lowest BCUT2D eigenvalue weighted by Crippen LogP contribution is -2.36. The summed E-state index contributed by atoms with van der Waals surface area (Å²) in [6, 6.07) is 14.0. The number of imide groups is 1. The highest BCUT2D eigenvalue weighted by molar-refractivity contribution is 8.18. The minimum atomic E-state index is -0.536. The summed E-state index contributed by atoms with van der Waals surface area (Å²) < 4.78 is 11.0. The summed E-state index contributed by atoms with van der Waals surface area (Å²) in [5.41, 5.74) is 1.17. The summed E-state index contributed by atoms with van der Waals surface area (Å²) in [6.07, 6.45) is 3.15. The van der Waals surface area contributed by atoms with Gasteiger partial charge in [0.2, 0.25) is 5.91 Å². The number of nitrogens with one attached hydrogen (secondary N) is 1. The largest absolute Gasteiger partial charge is 0.493 e. The summed E-state index contributed by atoms with van der Waals surface area (Å²) in [7, 11) is 1.51. The van der Waals surface area contributed by atoms with Crippen LogP contribution in [-0.2, 0) is 9.59 Å². The van der Waals surface area contributed by atoms with E-state index >= 15 is 0 Å². The lowest BCUT2D eigenvalue weighted by molar-refractivity contribution is -0.127. The Morgan fingerprint density at radius 3 is 2.63 bits per heavy atom. The molecule has 1 aliphatic rings. The van der Waals surface area contributed by atoms with Crippen LogP contribution in [0.15, 0.2) is 66.1 Å². The number of benzene rings is 2. The van der Waals surface area contributed by atoms with Crippen molar-refractivity contribution in [1.29, 1.82) is 0 Å². The smallest absolute Gasteiger partial charge is 0.294 e. The van der Waals surface area contributed by atoms with Crippen molar-refractivity contribution in [3.8, 4) is 11.5 Å². The summed E-state index contributed by atoms with van der Waals surface area (Å²) in [6.45, 7) is 3.51. The number of rotatable bonds is 8. The molecular formula is C22H20N2O5S. The molecule has 0 unspecified atom stereocenters. The van der Waals surface area contributed by atoms with Crippen LogP contribution in [0, 0.1) is 0 Å². The summed E-state index contributed by atoms with van der Waals surface area (Å²) in [5, 5.41) is 2.15. The zero-order chi connectivity index (χ0) is 21.5. The van der Waals surface area contributed by atoms with Gasteiger partial charge in [-0.15, -0.1) is 0 Å². The molecule has 0 spiro atoms. The third-order valence-corrected chi connectivity index (χ3v) is 5.00. The van der Waals surface area contributed by atoms with E-state index in [4.69, 9.17) is 9.47 Å². The van der Waals surface area contributed by atoms with Crippen LogP contribution in [0.1, 0.15) is 5.56 Å². The Balaban J connectivity index is 1.78. The van der Waals surface area contributed by atoms with E-state index in [1.54, 1.807) is 54.6 Å². The maximum Gasteiger partial charge on any atom is 0.294 e. The van der Waals surface area contributed by atoms with Gasteiger partial charge in [-0.05, 0) is 36.0 Å². The highest BCUT2D eigenvalue weighted by Crippen LogP contribution is 2.37. The summed E-state index contributed by atoms with van der Waals surface area (Å²) >= 11 is 0.773. The monoisotopic (exact) mass is 424 g/mol. The van der Waals surface area contributed by atoms with Crippen LogP contribution < -0.4 is 14.8 Å². The lowest BCUT2D eigenvalue weighted by Gasteiger charge is -2.13. The molecule has 0 aliphatic carbocycles. The van der Waals surface area contributed by atoms with Crippen LogP contribution in [0.4, 0.5) is 10.5 Å². The number of anilines is 1. The van der Waals surface area contributed by atoms with Crippen LogP contribution in [-0.4, -0.2) is 42.2 Å². The van der Waals surface area contributed by atoms with Gasteiger partial charge in [0.15, 0.2) is 11.5 Å². The van der Waals surface area contributed by atoms with E-state index < -0.39 is 17.1 Å². The molecule has 1 aliphatic heterocycles. The molecule has 1 fully saturated rings. The van der Waals surface area contributed by atoms with E-state index in [2.05, 4.69) is 11.9 Å². The third-order valence-electron chi connectivity index (χ3n) is 4.09. The van der Waals surface area contributed by atoms with Crippen molar-refractivity contribution in [2.24, 2.45) is 0 Å². The summed E-state index contributed by atoms with van der Waals surface area (Å²) in [4.78, 5) is 38.4. The van der Waals surface area contributed by atoms with Crippen molar-refractivity contribution in [2.45, 2.75) is 0 Å². The number of carbonyl (C=O) groups is 3. The van der Waals surface area contributed by atoms with Crippen molar-refractivity contribution >= 4 is 40.6 Å². The molecule has 3 rings (SSSR count). The van der Waals surface area contributed by atoms with Gasteiger partial charge in [0.05, 0.1) is 12.0 Å². The van der Waals surface area contributed by atoms with E-state index in [9.17, 15) is 14.4 Å². The van der Waals surface area contributed by atoms with Gasteiger partial charge >= 0.3 is 0 Å². The van der Waals surface area contributed by atoms with Crippen LogP contribution in [0.2, 0.25) is 0 Å². The molecule has 154 valence electrons. The van der Waals surface area contributed by atoms with E-state index in [-0.39, 0.29) is 18.1 Å². The first-order valence-electron chi connectivity index (χ1n) is 9.04. The number of hydrogen-bond acceptors (Lipinski definition) is 6. The van der Waals surface area contributed by atoms with Gasteiger partial charge in [0.25, 0.3) is 11.1 Å². The number of hydrogen-bond donors (Lipinski definition) is 1. The Kier molecular flexibility index (Phi) is 6.92. The fraction of sp³-hybridized carbons (Fsp3) is 0.136. The Hall–Kier alpha value is -3.52. The third kappa shape index (κ3) is 4.90. The molecule has 0 aromatic heterocycles. The van der Waals surface area contributed by atoms with Crippen molar-refractivity contribution in [3.63, 3.8) is 0 Å². The fourth-order valence-corrected chi connectivity index (χ4v) is 3.58. The van der Waals surface area contributed by atoms with Crippen molar-refractivity contribution in [1.82, 2.24) is 4.90 Å². The Labute approximate surface area is 178 Å². The Morgan fingerprint density at radius 1 is 1.17 bits per heavy atom. The lowest BCUT2D eigenvalue weighted by atomic mass is 10.1. The second-order valence-electron chi connectivity index (χ2n) is 6.16. The Bertz CT molecular complexity index is 1000. The van der Waals surface area contributed by atoms with Crippen LogP contribution in [0.3, 0.4) is 0 Å². The molecule has 30 heavy (non-hydrogen) atoms. The van der Waals surface area contributed by atoms with E-state index in [1.165, 1.54) is 7.11 Å². The maximum atomic E-state index is 12.7. The van der Waals surface area contributed by atoms with Gasteiger partial charge in [-0.2, -0.15) is 0 Å². The molecule has 1 saturated heterocycles. The van der Waals surface area contributed by atoms with E-state index in [1.807, 2.05) is 6.07 Å². The predicted octanol–water partition coefficient (Wildman–Crippen LogP) is 3.94. The van der Waals surface area contributed by atoms with E-state index in [0.717, 1.165) is 16.7 Å². The van der Waals surface area contributed by atoms with Crippen molar-refractivity contribution in [2.75, 3.05) is 25.6 Å². The second kappa shape index (κ2) is 9.80. The fourth-order valence-electron chi connectivity index (χ4n) is 2.75. The number of nitrogens with zero attached hydrogens (tertiary/aromatic N) is 1. The molecule has 1 heterocycles. The highest BCUT2D eigenvalue weighted by Gasteiger charge is 2.36. The van der Waals surface area contributed by atoms with Gasteiger partial charge in [0, 0.05) is 11.3 Å². The first kappa shape index (κ1) is 21.2. The zero-order valence-corrected chi connectivity index (χ0v) is 17.1. The molecule has 0 bridgehead atoms. The normalized spacial score (nSPS) is 14.7. The van der Waals surface area contributed by atoms with Gasteiger partial charge in [0.1, 0.15) is 13.2 Å². The van der Waals surface area contributed by atoms with E-state index in [0.29, 0.717) is 22.7 Å². The molecule has 0 radical (unpaired) electrons. The van der Waals surface area contributed by atoms with Gasteiger partial charge < -0.3 is 14.8 Å². The quantitative estimate of drug-likeness (QED) is 0.510. The topological polar surface area (TPSA) is 84.9 Å². The number of carbonyl (C=O) groups excluding carboxylic acids is 3. The van der Waals surface area contributed by atoms with Crippen LogP contribution >= 0.6 is 11.8 Å². The molecule has 2 aromatic carbocycles. The highest BCUT2D eigenvalue weighted by atomic mass is 32.2. The van der Waals surface area contributed by atoms with Crippen molar-refractivity contribution in [3.05, 3.63) is 71.7 Å². The average Bonchev–Trinajstić information content (AvgIpc) is 3.00. The molecule has 0 atom stereocenters. The average molecular weight is 424 g/mol. The first-order chi connectivity index (χ1) is 14.5. The number of thioether (sulfide) groups is 1. The maximum absolute atomic E-state index is 12.7. The summed E-state index contributed by atoms with van der Waals surface area (Å²) in [5.74, 6) is -0.0626. The molecule has 1 N–H and O–H groups in total. The molecule has 7 nitrogen and oxygen atoms in total. The standard InChI is InChI=1S/C22H20N2O5S/c1-3-12-29-20-15(8-7-11-17(20)28-2)13-18-21(26)24(22(27)30-18)14-19(25)23-16-9-5-4-6-10-16/h3-11,13H,1,12,14H2,2H3,(H,23,25)/b18-13-. The van der Waals surface area contributed by atoms with Gasteiger partial charge in [-0.1, -0.05) is 43.0 Å². The first-order valence-corrected chi connectivity index (χ1v) is 9.86. The molecule has 3 amide bonds. The minimum Gasteiger partial charge on any atom is -0.493 e. The van der Waals surface area contributed by atoms with Gasteiger partial charge in [-0.3, -0.25) is 19.3 Å². The zero-order valence-electron chi connectivity index (χ0n) is 16.3. The number of amides is 3. The van der Waals surface area contributed by atoms with Crippen LogP contribution in [0.5, 0.6) is 11.5 Å². The number of para-hydroxylation sites is 2. The van der Waals surface area contributed by atoms with Crippen molar-refractivity contribution < 1.29 is 23.9 Å². The SMILES string of the molecule is C=CCOc1c(/C=C2\SC(=O)N(CC(=O)Nc3ccccc3)C2=O)cccc1OC. The second-order valence-corrected chi connectivity index (χ2v) is 7.15. The molecule has 8 heteroatoms. The van der Waals surface area contributed by atoms with Crippen LogP contribution in [0.25, 0.3) is 6.08 Å². The number of methoxy groups -OCH3 is 1.